The SMILES string of the molecule is COc1ccc(C(=O)N2CCCC2)cc1NC(=O)c1cc(C)cc(C(=O)O)c1. The number of ether oxygens (including phenoxy) is 1. The van der Waals surface area contributed by atoms with Crippen molar-refractivity contribution < 1.29 is 24.2 Å². The number of methoxy groups -OCH3 is 1. The molecule has 7 nitrogen and oxygen atoms in total. The van der Waals surface area contributed by atoms with Crippen LogP contribution in [0.2, 0.25) is 0 Å². The van der Waals surface area contributed by atoms with Gasteiger partial charge in [0.25, 0.3) is 11.8 Å². The number of carboxylic acids is 1. The molecule has 0 atom stereocenters. The lowest BCUT2D eigenvalue weighted by molar-refractivity contribution is 0.0696. The Labute approximate surface area is 162 Å². The minimum absolute atomic E-state index is 0.0371. The maximum absolute atomic E-state index is 12.7. The lowest BCUT2D eigenvalue weighted by Gasteiger charge is -2.17. The van der Waals surface area contributed by atoms with Crippen molar-refractivity contribution in [3.05, 3.63) is 58.7 Å². The van der Waals surface area contributed by atoms with E-state index in [2.05, 4.69) is 5.32 Å². The van der Waals surface area contributed by atoms with Gasteiger partial charge in [0, 0.05) is 24.2 Å². The molecule has 2 N–H and O–H groups in total. The fourth-order valence-electron chi connectivity index (χ4n) is 3.27. The first-order chi connectivity index (χ1) is 13.4. The van der Waals surface area contributed by atoms with E-state index < -0.39 is 11.9 Å². The first-order valence-corrected chi connectivity index (χ1v) is 9.02. The Morgan fingerprint density at radius 1 is 1.00 bits per heavy atom. The Kier molecular flexibility index (Phi) is 5.63. The summed E-state index contributed by atoms with van der Waals surface area (Å²) in [5.74, 6) is -1.25. The molecule has 0 radical (unpaired) electrons. The third-order valence-electron chi connectivity index (χ3n) is 4.67. The third kappa shape index (κ3) is 4.14. The fourth-order valence-corrected chi connectivity index (χ4v) is 3.27. The van der Waals surface area contributed by atoms with Gasteiger partial charge in [0.1, 0.15) is 5.75 Å². The highest BCUT2D eigenvalue weighted by atomic mass is 16.5. The average Bonchev–Trinajstić information content (AvgIpc) is 3.21. The van der Waals surface area contributed by atoms with E-state index in [1.54, 1.807) is 36.1 Å². The molecule has 2 aromatic carbocycles. The molecule has 3 rings (SSSR count). The molecule has 146 valence electrons. The zero-order chi connectivity index (χ0) is 20.3. The van der Waals surface area contributed by atoms with E-state index in [0.717, 1.165) is 25.9 Å². The minimum atomic E-state index is -1.10. The van der Waals surface area contributed by atoms with E-state index >= 15 is 0 Å². The average molecular weight is 382 g/mol. The number of nitrogens with one attached hydrogen (secondary N) is 1. The zero-order valence-electron chi connectivity index (χ0n) is 15.8. The molecule has 28 heavy (non-hydrogen) atoms. The molecular formula is C21H22N2O5. The van der Waals surface area contributed by atoms with E-state index in [1.165, 1.54) is 19.2 Å². The van der Waals surface area contributed by atoms with Gasteiger partial charge in [-0.2, -0.15) is 0 Å². The quantitative estimate of drug-likeness (QED) is 0.828. The number of aromatic carboxylic acids is 1. The Hall–Kier alpha value is -3.35. The number of rotatable bonds is 5. The number of likely N-dealkylation sites (tertiary alicyclic amines) is 1. The number of nitrogens with zero attached hydrogens (tertiary/aromatic N) is 1. The number of carboxylic acid groups (broad SMARTS) is 1. The predicted molar refractivity (Wildman–Crippen MR) is 104 cm³/mol. The van der Waals surface area contributed by atoms with Crippen molar-refractivity contribution in [3.8, 4) is 5.75 Å². The molecule has 7 heteroatoms. The third-order valence-corrected chi connectivity index (χ3v) is 4.67. The zero-order valence-corrected chi connectivity index (χ0v) is 15.8. The van der Waals surface area contributed by atoms with E-state index in [1.807, 2.05) is 0 Å². The Bertz CT molecular complexity index is 932. The molecular weight excluding hydrogens is 360 g/mol. The van der Waals surface area contributed by atoms with E-state index in [-0.39, 0.29) is 17.0 Å². The fraction of sp³-hybridized carbons (Fsp3) is 0.286. The predicted octanol–water partition coefficient (Wildman–Crippen LogP) is 3.19. The van der Waals surface area contributed by atoms with Crippen molar-refractivity contribution in [2.45, 2.75) is 19.8 Å². The summed E-state index contributed by atoms with van der Waals surface area (Å²) in [5.41, 5.74) is 1.74. The second-order valence-electron chi connectivity index (χ2n) is 6.76. The van der Waals surface area contributed by atoms with Gasteiger partial charge in [0.15, 0.2) is 0 Å². The normalized spacial score (nSPS) is 13.3. The molecule has 0 unspecified atom stereocenters. The molecule has 1 aliphatic heterocycles. The number of hydrogen-bond acceptors (Lipinski definition) is 4. The van der Waals surface area contributed by atoms with Crippen LogP contribution < -0.4 is 10.1 Å². The Morgan fingerprint density at radius 3 is 2.32 bits per heavy atom. The largest absolute Gasteiger partial charge is 0.495 e. The smallest absolute Gasteiger partial charge is 0.335 e. The summed E-state index contributed by atoms with van der Waals surface area (Å²) in [6, 6.07) is 9.31. The number of anilines is 1. The minimum Gasteiger partial charge on any atom is -0.495 e. The number of benzene rings is 2. The summed E-state index contributed by atoms with van der Waals surface area (Å²) in [7, 11) is 1.47. The molecule has 1 aliphatic rings. The molecule has 2 aromatic rings. The van der Waals surface area contributed by atoms with Crippen molar-refractivity contribution in [2.75, 3.05) is 25.5 Å². The van der Waals surface area contributed by atoms with Crippen LogP contribution >= 0.6 is 0 Å². The summed E-state index contributed by atoms with van der Waals surface area (Å²) >= 11 is 0. The number of carbonyl (C=O) groups excluding carboxylic acids is 2. The van der Waals surface area contributed by atoms with E-state index in [4.69, 9.17) is 4.74 Å². The van der Waals surface area contributed by atoms with Crippen LogP contribution in [0, 0.1) is 6.92 Å². The summed E-state index contributed by atoms with van der Waals surface area (Å²) in [6.45, 7) is 3.18. The molecule has 0 aliphatic carbocycles. The number of amides is 2. The monoisotopic (exact) mass is 382 g/mol. The van der Waals surface area contributed by atoms with Crippen molar-refractivity contribution >= 4 is 23.5 Å². The molecule has 0 spiro atoms. The summed E-state index contributed by atoms with van der Waals surface area (Å²) in [6.07, 6.45) is 1.98. The second kappa shape index (κ2) is 8.12. The van der Waals surface area contributed by atoms with Gasteiger partial charge in [-0.3, -0.25) is 9.59 Å². The second-order valence-corrected chi connectivity index (χ2v) is 6.76. The van der Waals surface area contributed by atoms with Crippen molar-refractivity contribution in [2.24, 2.45) is 0 Å². The van der Waals surface area contributed by atoms with Crippen LogP contribution in [0.1, 0.15) is 49.5 Å². The van der Waals surface area contributed by atoms with Crippen LogP contribution in [0.5, 0.6) is 5.75 Å². The van der Waals surface area contributed by atoms with Gasteiger partial charge in [0.05, 0.1) is 18.4 Å². The van der Waals surface area contributed by atoms with Gasteiger partial charge in [-0.25, -0.2) is 4.79 Å². The maximum Gasteiger partial charge on any atom is 0.335 e. The summed E-state index contributed by atoms with van der Waals surface area (Å²) < 4.78 is 5.29. The van der Waals surface area contributed by atoms with Gasteiger partial charge in [0.2, 0.25) is 0 Å². The van der Waals surface area contributed by atoms with Gasteiger partial charge in [-0.15, -0.1) is 0 Å². The summed E-state index contributed by atoms with van der Waals surface area (Å²) in [5, 5.41) is 11.9. The van der Waals surface area contributed by atoms with Gasteiger partial charge >= 0.3 is 5.97 Å². The van der Waals surface area contributed by atoms with Gasteiger partial charge in [-0.1, -0.05) is 0 Å². The van der Waals surface area contributed by atoms with Crippen molar-refractivity contribution in [1.82, 2.24) is 4.90 Å². The Morgan fingerprint density at radius 2 is 1.68 bits per heavy atom. The molecule has 1 saturated heterocycles. The molecule has 0 saturated carbocycles. The van der Waals surface area contributed by atoms with E-state index in [0.29, 0.717) is 22.6 Å². The van der Waals surface area contributed by atoms with Crippen LogP contribution in [-0.2, 0) is 0 Å². The molecule has 2 amide bonds. The highest BCUT2D eigenvalue weighted by molar-refractivity contribution is 6.07. The van der Waals surface area contributed by atoms with Crippen LogP contribution in [-0.4, -0.2) is 48.0 Å². The number of carbonyl (C=O) groups is 3. The molecule has 1 fully saturated rings. The van der Waals surface area contributed by atoms with E-state index in [9.17, 15) is 19.5 Å². The molecule has 0 bridgehead atoms. The molecule has 0 aromatic heterocycles. The standard InChI is InChI=1S/C21H22N2O5/c1-13-9-15(11-16(10-13)21(26)27)19(24)22-17-12-14(5-6-18(17)28-2)20(25)23-7-3-4-8-23/h5-6,9-12H,3-4,7-8H2,1-2H3,(H,22,24)(H,26,27). The molecule has 1 heterocycles. The topological polar surface area (TPSA) is 95.9 Å². The first kappa shape index (κ1) is 19.4. The van der Waals surface area contributed by atoms with Crippen LogP contribution in [0.15, 0.2) is 36.4 Å². The van der Waals surface area contributed by atoms with Gasteiger partial charge < -0.3 is 20.1 Å². The Balaban J connectivity index is 1.88. The lowest BCUT2D eigenvalue weighted by Crippen LogP contribution is -2.27. The van der Waals surface area contributed by atoms with Crippen molar-refractivity contribution in [1.29, 1.82) is 0 Å². The maximum atomic E-state index is 12.7. The van der Waals surface area contributed by atoms with Crippen LogP contribution in [0.4, 0.5) is 5.69 Å². The highest BCUT2D eigenvalue weighted by Gasteiger charge is 2.21. The highest BCUT2D eigenvalue weighted by Crippen LogP contribution is 2.27. The lowest BCUT2D eigenvalue weighted by atomic mass is 10.1. The number of aryl methyl sites for hydroxylation is 1. The summed E-state index contributed by atoms with van der Waals surface area (Å²) in [4.78, 5) is 38.3. The number of hydrogen-bond donors (Lipinski definition) is 2. The van der Waals surface area contributed by atoms with Crippen molar-refractivity contribution in [3.63, 3.8) is 0 Å². The van der Waals surface area contributed by atoms with Gasteiger partial charge in [-0.05, 0) is 61.7 Å². The van der Waals surface area contributed by atoms with Crippen LogP contribution in [0.25, 0.3) is 0 Å². The van der Waals surface area contributed by atoms with Crippen LogP contribution in [0.3, 0.4) is 0 Å². The first-order valence-electron chi connectivity index (χ1n) is 9.02.